The van der Waals surface area contributed by atoms with Gasteiger partial charge in [0, 0.05) is 0 Å². The molecule has 1 aromatic rings. The maximum atomic E-state index is 11.7. The van der Waals surface area contributed by atoms with Crippen LogP contribution in [0, 0.1) is 5.92 Å². The summed E-state index contributed by atoms with van der Waals surface area (Å²) in [4.78, 5) is 11.7. The number of rotatable bonds is 5. The van der Waals surface area contributed by atoms with E-state index in [4.69, 9.17) is 4.74 Å². The van der Waals surface area contributed by atoms with Gasteiger partial charge in [-0.25, -0.2) is 0 Å². The molecular weight excluding hydrogens is 238 g/mol. The fraction of sp³-hybridized carbons (Fsp3) is 0.462. The Bertz CT molecular complexity index is 327. The van der Waals surface area contributed by atoms with E-state index in [1.807, 2.05) is 44.2 Å². The van der Waals surface area contributed by atoms with Crippen LogP contribution in [0.4, 0.5) is 0 Å². The van der Waals surface area contributed by atoms with Gasteiger partial charge in [0.25, 0.3) is 0 Å². The van der Waals surface area contributed by atoms with Gasteiger partial charge in [0.2, 0.25) is 0 Å². The molecule has 0 saturated heterocycles. The quantitative estimate of drug-likeness (QED) is 0.824. The topological polar surface area (TPSA) is 38.3 Å². The van der Waals surface area contributed by atoms with Crippen molar-refractivity contribution < 1.29 is 9.53 Å². The summed E-state index contributed by atoms with van der Waals surface area (Å²) in [7, 11) is 1.77. The van der Waals surface area contributed by atoms with E-state index in [9.17, 15) is 4.79 Å². The number of ether oxygens (including phenoxy) is 1. The van der Waals surface area contributed by atoms with E-state index in [1.165, 1.54) is 0 Å². The van der Waals surface area contributed by atoms with E-state index >= 15 is 0 Å². The van der Waals surface area contributed by atoms with Gasteiger partial charge in [-0.1, -0.05) is 44.2 Å². The van der Waals surface area contributed by atoms with Crippen LogP contribution in [-0.2, 0) is 16.1 Å². The number of esters is 1. The van der Waals surface area contributed by atoms with Gasteiger partial charge in [-0.2, -0.15) is 0 Å². The van der Waals surface area contributed by atoms with Gasteiger partial charge in [-0.05, 0) is 18.5 Å². The third-order valence-corrected chi connectivity index (χ3v) is 2.46. The minimum Gasteiger partial charge on any atom is -0.460 e. The smallest absolute Gasteiger partial charge is 0.323 e. The van der Waals surface area contributed by atoms with Crippen LogP contribution >= 0.6 is 12.4 Å². The van der Waals surface area contributed by atoms with E-state index in [0.29, 0.717) is 6.61 Å². The maximum Gasteiger partial charge on any atom is 0.323 e. The first-order valence-corrected chi connectivity index (χ1v) is 5.53. The summed E-state index contributed by atoms with van der Waals surface area (Å²) in [6.07, 6.45) is 0. The summed E-state index contributed by atoms with van der Waals surface area (Å²) < 4.78 is 5.24. The number of hydrogen-bond donors (Lipinski definition) is 1. The van der Waals surface area contributed by atoms with Crippen molar-refractivity contribution in [3.05, 3.63) is 35.9 Å². The molecule has 1 N–H and O–H groups in total. The third kappa shape index (κ3) is 5.20. The molecule has 0 radical (unpaired) electrons. The Morgan fingerprint density at radius 1 is 1.29 bits per heavy atom. The molecule has 0 aliphatic rings. The van der Waals surface area contributed by atoms with Crippen LogP contribution in [0.2, 0.25) is 0 Å². The highest BCUT2D eigenvalue weighted by atomic mass is 35.5. The SMILES string of the molecule is CN[C@H](C(=O)OCc1ccccc1)C(C)C.Cl. The Kier molecular flexibility index (Phi) is 7.59. The van der Waals surface area contributed by atoms with Crippen LogP contribution in [0.15, 0.2) is 30.3 Å². The van der Waals surface area contributed by atoms with Gasteiger partial charge >= 0.3 is 5.97 Å². The minimum absolute atomic E-state index is 0. The van der Waals surface area contributed by atoms with Crippen molar-refractivity contribution in [3.8, 4) is 0 Å². The lowest BCUT2D eigenvalue weighted by atomic mass is 10.1. The number of benzene rings is 1. The first-order valence-electron chi connectivity index (χ1n) is 5.53. The van der Waals surface area contributed by atoms with Crippen molar-refractivity contribution in [1.29, 1.82) is 0 Å². The predicted molar refractivity (Wildman–Crippen MR) is 71.2 cm³/mol. The monoisotopic (exact) mass is 257 g/mol. The summed E-state index contributed by atoms with van der Waals surface area (Å²) in [5.74, 6) is 0.0367. The van der Waals surface area contributed by atoms with Crippen molar-refractivity contribution in [2.24, 2.45) is 5.92 Å². The van der Waals surface area contributed by atoms with E-state index in [0.717, 1.165) is 5.56 Å². The second-order valence-corrected chi connectivity index (χ2v) is 4.10. The van der Waals surface area contributed by atoms with Crippen molar-refractivity contribution in [2.45, 2.75) is 26.5 Å². The highest BCUT2D eigenvalue weighted by molar-refractivity contribution is 5.85. The number of likely N-dealkylation sites (N-methyl/N-ethyl adjacent to an activating group) is 1. The van der Waals surface area contributed by atoms with Crippen molar-refractivity contribution in [3.63, 3.8) is 0 Å². The molecule has 17 heavy (non-hydrogen) atoms. The van der Waals surface area contributed by atoms with Crippen LogP contribution < -0.4 is 5.32 Å². The Morgan fingerprint density at radius 3 is 2.35 bits per heavy atom. The van der Waals surface area contributed by atoms with Crippen LogP contribution in [0.1, 0.15) is 19.4 Å². The standard InChI is InChI=1S/C13H19NO2.ClH/c1-10(2)12(14-3)13(15)16-9-11-7-5-4-6-8-11;/h4-8,10,12,14H,9H2,1-3H3;1H/t12-;/m0./s1. The van der Waals surface area contributed by atoms with Gasteiger partial charge in [0.1, 0.15) is 12.6 Å². The predicted octanol–water partition coefficient (Wildman–Crippen LogP) is 2.40. The largest absolute Gasteiger partial charge is 0.460 e. The molecule has 96 valence electrons. The molecule has 0 aliphatic heterocycles. The molecule has 1 atom stereocenters. The fourth-order valence-electron chi connectivity index (χ4n) is 1.54. The summed E-state index contributed by atoms with van der Waals surface area (Å²) in [5, 5.41) is 2.96. The first kappa shape index (κ1) is 15.9. The second kappa shape index (κ2) is 8.09. The maximum absolute atomic E-state index is 11.7. The molecule has 0 bridgehead atoms. The molecule has 0 amide bonds. The molecule has 0 unspecified atom stereocenters. The molecule has 0 heterocycles. The molecule has 1 rings (SSSR count). The number of hydrogen-bond acceptors (Lipinski definition) is 3. The van der Waals surface area contributed by atoms with Crippen LogP contribution in [-0.4, -0.2) is 19.1 Å². The average Bonchev–Trinajstić information content (AvgIpc) is 2.28. The van der Waals surface area contributed by atoms with Crippen molar-refractivity contribution >= 4 is 18.4 Å². The lowest BCUT2D eigenvalue weighted by Crippen LogP contribution is -2.39. The van der Waals surface area contributed by atoms with E-state index in [-0.39, 0.29) is 30.3 Å². The van der Waals surface area contributed by atoms with Crippen LogP contribution in [0.5, 0.6) is 0 Å². The molecule has 0 aromatic heterocycles. The van der Waals surface area contributed by atoms with Gasteiger partial charge in [-0.15, -0.1) is 12.4 Å². The summed E-state index contributed by atoms with van der Waals surface area (Å²) in [6.45, 7) is 4.32. The molecule has 4 heteroatoms. The number of halogens is 1. The normalized spacial score (nSPS) is 11.8. The summed E-state index contributed by atoms with van der Waals surface area (Å²) in [5.41, 5.74) is 1.01. The minimum atomic E-state index is -0.233. The molecule has 0 saturated carbocycles. The molecule has 0 spiro atoms. The van der Waals surface area contributed by atoms with Gasteiger partial charge in [0.05, 0.1) is 0 Å². The van der Waals surface area contributed by atoms with Gasteiger partial charge in [-0.3, -0.25) is 4.79 Å². The molecule has 1 aromatic carbocycles. The van der Waals surface area contributed by atoms with Crippen LogP contribution in [0.25, 0.3) is 0 Å². The van der Waals surface area contributed by atoms with E-state index in [2.05, 4.69) is 5.32 Å². The van der Waals surface area contributed by atoms with Crippen molar-refractivity contribution in [2.75, 3.05) is 7.05 Å². The third-order valence-electron chi connectivity index (χ3n) is 2.46. The van der Waals surface area contributed by atoms with E-state index < -0.39 is 0 Å². The zero-order valence-electron chi connectivity index (χ0n) is 10.5. The van der Waals surface area contributed by atoms with Crippen LogP contribution in [0.3, 0.4) is 0 Å². The fourth-order valence-corrected chi connectivity index (χ4v) is 1.54. The molecular formula is C13H20ClNO2. The van der Waals surface area contributed by atoms with Gasteiger partial charge < -0.3 is 10.1 Å². The summed E-state index contributed by atoms with van der Waals surface area (Å²) >= 11 is 0. The Balaban J connectivity index is 0.00000256. The molecule has 0 aliphatic carbocycles. The summed E-state index contributed by atoms with van der Waals surface area (Å²) in [6, 6.07) is 9.45. The Hall–Kier alpha value is -1.06. The highest BCUT2D eigenvalue weighted by Crippen LogP contribution is 2.06. The van der Waals surface area contributed by atoms with Crippen molar-refractivity contribution in [1.82, 2.24) is 5.32 Å². The first-order chi connectivity index (χ1) is 7.65. The lowest BCUT2D eigenvalue weighted by Gasteiger charge is -2.18. The zero-order chi connectivity index (χ0) is 12.0. The second-order valence-electron chi connectivity index (χ2n) is 4.10. The van der Waals surface area contributed by atoms with E-state index in [1.54, 1.807) is 7.05 Å². The Labute approximate surface area is 109 Å². The number of carbonyl (C=O) groups excluding carboxylic acids is 1. The number of nitrogens with one attached hydrogen (secondary N) is 1. The highest BCUT2D eigenvalue weighted by Gasteiger charge is 2.21. The zero-order valence-corrected chi connectivity index (χ0v) is 11.3. The lowest BCUT2D eigenvalue weighted by molar-refractivity contribution is -0.148. The average molecular weight is 258 g/mol. The van der Waals surface area contributed by atoms with Gasteiger partial charge in [0.15, 0.2) is 0 Å². The Morgan fingerprint density at radius 2 is 1.88 bits per heavy atom. The number of carbonyl (C=O) groups is 1. The molecule has 3 nitrogen and oxygen atoms in total. The molecule has 0 fully saturated rings.